The van der Waals surface area contributed by atoms with Gasteiger partial charge in [-0.15, -0.1) is 0 Å². The SMILES string of the molecule is CCCN(Cc1ccc(C#N)cc1)C(=O)c1cc(OC)ccc1Br. The first-order valence-electron chi connectivity index (χ1n) is 7.71. The van der Waals surface area contributed by atoms with Gasteiger partial charge in [-0.2, -0.15) is 5.26 Å². The molecule has 0 saturated heterocycles. The molecule has 0 aliphatic rings. The van der Waals surface area contributed by atoms with Gasteiger partial charge in [-0.3, -0.25) is 4.79 Å². The number of carbonyl (C=O) groups excluding carboxylic acids is 1. The van der Waals surface area contributed by atoms with Crippen molar-refractivity contribution in [2.75, 3.05) is 13.7 Å². The van der Waals surface area contributed by atoms with E-state index in [4.69, 9.17) is 10.00 Å². The molecular weight excluding hydrogens is 368 g/mol. The average Bonchev–Trinajstić information content (AvgIpc) is 2.62. The van der Waals surface area contributed by atoms with Gasteiger partial charge in [0.2, 0.25) is 0 Å². The summed E-state index contributed by atoms with van der Waals surface area (Å²) in [7, 11) is 1.58. The van der Waals surface area contributed by atoms with Crippen LogP contribution in [0.25, 0.3) is 0 Å². The zero-order valence-corrected chi connectivity index (χ0v) is 15.3. The molecule has 2 aromatic carbocycles. The van der Waals surface area contributed by atoms with Crippen molar-refractivity contribution >= 4 is 21.8 Å². The zero-order chi connectivity index (χ0) is 17.5. The third-order valence-corrected chi connectivity index (χ3v) is 4.33. The number of rotatable bonds is 6. The smallest absolute Gasteiger partial charge is 0.255 e. The fourth-order valence-corrected chi connectivity index (χ4v) is 2.81. The summed E-state index contributed by atoms with van der Waals surface area (Å²) < 4.78 is 5.97. The van der Waals surface area contributed by atoms with Crippen molar-refractivity contribution in [2.24, 2.45) is 0 Å². The van der Waals surface area contributed by atoms with Gasteiger partial charge in [-0.1, -0.05) is 19.1 Å². The molecule has 0 bridgehead atoms. The number of ether oxygens (including phenoxy) is 1. The van der Waals surface area contributed by atoms with E-state index in [1.807, 2.05) is 31.2 Å². The highest BCUT2D eigenvalue weighted by Crippen LogP contribution is 2.24. The molecule has 124 valence electrons. The number of nitrogens with zero attached hydrogens (tertiary/aromatic N) is 2. The lowest BCUT2D eigenvalue weighted by atomic mass is 10.1. The van der Waals surface area contributed by atoms with Crippen molar-refractivity contribution in [3.05, 3.63) is 63.6 Å². The maximum absolute atomic E-state index is 12.9. The van der Waals surface area contributed by atoms with E-state index in [1.54, 1.807) is 30.2 Å². The fourth-order valence-electron chi connectivity index (χ4n) is 2.39. The Morgan fingerprint density at radius 2 is 1.96 bits per heavy atom. The van der Waals surface area contributed by atoms with E-state index in [0.717, 1.165) is 16.5 Å². The Morgan fingerprint density at radius 1 is 1.25 bits per heavy atom. The Hall–Kier alpha value is -2.32. The number of hydrogen-bond acceptors (Lipinski definition) is 3. The summed E-state index contributed by atoms with van der Waals surface area (Å²) >= 11 is 3.44. The number of halogens is 1. The number of methoxy groups -OCH3 is 1. The molecule has 2 rings (SSSR count). The molecule has 0 N–H and O–H groups in total. The maximum Gasteiger partial charge on any atom is 0.255 e. The van der Waals surface area contributed by atoms with Gasteiger partial charge < -0.3 is 9.64 Å². The first-order valence-corrected chi connectivity index (χ1v) is 8.50. The number of carbonyl (C=O) groups is 1. The Morgan fingerprint density at radius 3 is 2.54 bits per heavy atom. The molecule has 0 unspecified atom stereocenters. The van der Waals surface area contributed by atoms with Gasteiger partial charge in [-0.25, -0.2) is 0 Å². The van der Waals surface area contributed by atoms with Gasteiger partial charge in [0.25, 0.3) is 5.91 Å². The Kier molecular flexibility index (Phi) is 6.39. The highest BCUT2D eigenvalue weighted by molar-refractivity contribution is 9.10. The lowest BCUT2D eigenvalue weighted by molar-refractivity contribution is 0.0742. The first kappa shape index (κ1) is 18.0. The second kappa shape index (κ2) is 8.51. The molecule has 4 nitrogen and oxygen atoms in total. The van der Waals surface area contributed by atoms with Crippen LogP contribution in [-0.4, -0.2) is 24.5 Å². The van der Waals surface area contributed by atoms with Crippen LogP contribution in [0.3, 0.4) is 0 Å². The number of amides is 1. The standard InChI is InChI=1S/C19H19BrN2O2/c1-3-10-22(13-15-6-4-14(12-21)5-7-15)19(23)17-11-16(24-2)8-9-18(17)20/h4-9,11H,3,10,13H2,1-2H3. The van der Waals surface area contributed by atoms with Crippen molar-refractivity contribution in [3.8, 4) is 11.8 Å². The van der Waals surface area contributed by atoms with Crippen LogP contribution >= 0.6 is 15.9 Å². The number of nitriles is 1. The highest BCUT2D eigenvalue weighted by Gasteiger charge is 2.19. The summed E-state index contributed by atoms with van der Waals surface area (Å²) in [5, 5.41) is 8.88. The van der Waals surface area contributed by atoms with Crippen LogP contribution in [0.15, 0.2) is 46.9 Å². The summed E-state index contributed by atoms with van der Waals surface area (Å²) in [5.74, 6) is 0.600. The van der Waals surface area contributed by atoms with Crippen LogP contribution in [0.4, 0.5) is 0 Å². The minimum absolute atomic E-state index is 0.0491. The molecule has 0 aliphatic heterocycles. The normalized spacial score (nSPS) is 10.1. The van der Waals surface area contributed by atoms with Crippen LogP contribution in [0.5, 0.6) is 5.75 Å². The van der Waals surface area contributed by atoms with Crippen LogP contribution < -0.4 is 4.74 Å². The quantitative estimate of drug-likeness (QED) is 0.739. The zero-order valence-electron chi connectivity index (χ0n) is 13.8. The second-order valence-electron chi connectivity index (χ2n) is 5.38. The fraction of sp³-hybridized carbons (Fsp3) is 0.263. The largest absolute Gasteiger partial charge is 0.497 e. The molecule has 24 heavy (non-hydrogen) atoms. The van der Waals surface area contributed by atoms with Crippen molar-refractivity contribution < 1.29 is 9.53 Å². The van der Waals surface area contributed by atoms with Crippen molar-refractivity contribution in [1.29, 1.82) is 5.26 Å². The molecule has 0 atom stereocenters. The van der Waals surface area contributed by atoms with Crippen LogP contribution in [0.2, 0.25) is 0 Å². The Balaban J connectivity index is 2.25. The summed E-state index contributed by atoms with van der Waals surface area (Å²) in [4.78, 5) is 14.7. The van der Waals surface area contributed by atoms with Crippen LogP contribution in [0.1, 0.15) is 34.8 Å². The van der Waals surface area contributed by atoms with Crippen LogP contribution in [-0.2, 0) is 6.54 Å². The summed E-state index contributed by atoms with van der Waals surface area (Å²) in [6.45, 7) is 3.20. The third kappa shape index (κ3) is 4.36. The molecule has 5 heteroatoms. The molecule has 0 radical (unpaired) electrons. The minimum Gasteiger partial charge on any atom is -0.497 e. The third-order valence-electron chi connectivity index (χ3n) is 3.64. The minimum atomic E-state index is -0.0491. The van der Waals surface area contributed by atoms with E-state index in [0.29, 0.717) is 30.0 Å². The lowest BCUT2D eigenvalue weighted by Gasteiger charge is -2.23. The van der Waals surface area contributed by atoms with Gasteiger partial charge >= 0.3 is 0 Å². The van der Waals surface area contributed by atoms with E-state index in [2.05, 4.69) is 22.0 Å². The van der Waals surface area contributed by atoms with E-state index in [9.17, 15) is 4.79 Å². The second-order valence-corrected chi connectivity index (χ2v) is 6.24. The lowest BCUT2D eigenvalue weighted by Crippen LogP contribution is -2.31. The number of hydrogen-bond donors (Lipinski definition) is 0. The van der Waals surface area contributed by atoms with Gasteiger partial charge in [0, 0.05) is 17.6 Å². The predicted molar refractivity (Wildman–Crippen MR) is 96.9 cm³/mol. The summed E-state index contributed by atoms with van der Waals surface area (Å²) in [6.07, 6.45) is 0.865. The van der Waals surface area contributed by atoms with E-state index in [1.165, 1.54) is 0 Å². The average molecular weight is 387 g/mol. The monoisotopic (exact) mass is 386 g/mol. The van der Waals surface area contributed by atoms with Crippen molar-refractivity contribution in [3.63, 3.8) is 0 Å². The highest BCUT2D eigenvalue weighted by atomic mass is 79.9. The molecule has 0 aromatic heterocycles. The molecule has 0 fully saturated rings. The van der Waals surface area contributed by atoms with Gasteiger partial charge in [0.15, 0.2) is 0 Å². The summed E-state index contributed by atoms with van der Waals surface area (Å²) in [6, 6.07) is 14.8. The van der Waals surface area contributed by atoms with E-state index in [-0.39, 0.29) is 5.91 Å². The molecule has 2 aromatic rings. The molecule has 1 amide bonds. The summed E-state index contributed by atoms with van der Waals surface area (Å²) in [5.41, 5.74) is 2.19. The molecular formula is C19H19BrN2O2. The van der Waals surface area contributed by atoms with E-state index < -0.39 is 0 Å². The Bertz CT molecular complexity index is 751. The maximum atomic E-state index is 12.9. The molecule has 0 heterocycles. The van der Waals surface area contributed by atoms with E-state index >= 15 is 0 Å². The van der Waals surface area contributed by atoms with Gasteiger partial charge in [0.05, 0.1) is 24.3 Å². The number of benzene rings is 2. The molecule has 0 spiro atoms. The van der Waals surface area contributed by atoms with Crippen molar-refractivity contribution in [2.45, 2.75) is 19.9 Å². The first-order chi connectivity index (χ1) is 11.6. The predicted octanol–water partition coefficient (Wildman–Crippen LogP) is 4.38. The molecule has 0 saturated carbocycles. The van der Waals surface area contributed by atoms with Gasteiger partial charge in [0.1, 0.15) is 5.75 Å². The topological polar surface area (TPSA) is 53.3 Å². The van der Waals surface area contributed by atoms with Crippen LogP contribution in [0, 0.1) is 11.3 Å². The molecule has 0 aliphatic carbocycles. The van der Waals surface area contributed by atoms with Crippen molar-refractivity contribution in [1.82, 2.24) is 4.90 Å². The van der Waals surface area contributed by atoms with Gasteiger partial charge in [-0.05, 0) is 58.2 Å². The Labute approximate surface area is 150 Å².